The van der Waals surface area contributed by atoms with Crippen molar-refractivity contribution in [2.24, 2.45) is 0 Å². The van der Waals surface area contributed by atoms with Crippen LogP contribution in [0.3, 0.4) is 0 Å². The van der Waals surface area contributed by atoms with Gasteiger partial charge in [-0.05, 0) is 43.5 Å². The Morgan fingerprint density at radius 1 is 1.15 bits per heavy atom. The fourth-order valence-electron chi connectivity index (χ4n) is 2.17. The van der Waals surface area contributed by atoms with Crippen LogP contribution in [0.1, 0.15) is 28.4 Å². The fourth-order valence-corrected chi connectivity index (χ4v) is 2.17. The maximum atomic E-state index is 13.5. The Morgan fingerprint density at radius 3 is 2.50 bits per heavy atom. The average Bonchev–Trinajstić information content (AvgIpc) is 2.41. The van der Waals surface area contributed by atoms with Crippen LogP contribution in [0.15, 0.2) is 48.5 Å². The summed E-state index contributed by atoms with van der Waals surface area (Å²) in [6.45, 7) is 3.96. The molecule has 0 aromatic heterocycles. The SMILES string of the molecule is Cc1ccccc1CC(C)NC(=O)c1ccccc1F. The second-order valence-corrected chi connectivity index (χ2v) is 4.98. The standard InChI is InChI=1S/C17H18FNO/c1-12-7-3-4-8-14(12)11-13(2)19-17(20)15-9-5-6-10-16(15)18/h3-10,13H,11H2,1-2H3,(H,19,20). The van der Waals surface area contributed by atoms with E-state index in [1.807, 2.05) is 38.1 Å². The van der Waals surface area contributed by atoms with Crippen LogP contribution in [-0.2, 0) is 6.42 Å². The van der Waals surface area contributed by atoms with Crippen LogP contribution in [0.25, 0.3) is 0 Å². The van der Waals surface area contributed by atoms with Gasteiger partial charge in [-0.15, -0.1) is 0 Å². The molecule has 104 valence electrons. The number of carbonyl (C=O) groups excluding carboxylic acids is 1. The largest absolute Gasteiger partial charge is 0.349 e. The second-order valence-electron chi connectivity index (χ2n) is 4.98. The van der Waals surface area contributed by atoms with Crippen molar-refractivity contribution in [3.63, 3.8) is 0 Å². The van der Waals surface area contributed by atoms with Crippen molar-refractivity contribution in [2.45, 2.75) is 26.3 Å². The minimum absolute atomic E-state index is 0.0526. The normalized spacial score (nSPS) is 11.9. The number of halogens is 1. The van der Waals surface area contributed by atoms with E-state index < -0.39 is 5.82 Å². The van der Waals surface area contributed by atoms with Crippen molar-refractivity contribution in [1.82, 2.24) is 5.32 Å². The van der Waals surface area contributed by atoms with E-state index in [0.717, 1.165) is 6.42 Å². The summed E-state index contributed by atoms with van der Waals surface area (Å²) in [5.41, 5.74) is 2.47. The number of hydrogen-bond acceptors (Lipinski definition) is 1. The number of amides is 1. The van der Waals surface area contributed by atoms with E-state index in [1.165, 1.54) is 23.3 Å². The Bertz CT molecular complexity index is 609. The maximum Gasteiger partial charge on any atom is 0.254 e. The molecule has 1 unspecified atom stereocenters. The topological polar surface area (TPSA) is 29.1 Å². The molecule has 2 aromatic carbocycles. The lowest BCUT2D eigenvalue weighted by Gasteiger charge is -2.15. The summed E-state index contributed by atoms with van der Waals surface area (Å²) in [6, 6.07) is 14.0. The van der Waals surface area contributed by atoms with E-state index in [-0.39, 0.29) is 17.5 Å². The summed E-state index contributed by atoms with van der Waals surface area (Å²) >= 11 is 0. The van der Waals surface area contributed by atoms with Crippen LogP contribution in [0.2, 0.25) is 0 Å². The van der Waals surface area contributed by atoms with Crippen LogP contribution in [0.5, 0.6) is 0 Å². The predicted molar refractivity (Wildman–Crippen MR) is 78.2 cm³/mol. The average molecular weight is 271 g/mol. The fraction of sp³-hybridized carbons (Fsp3) is 0.235. The molecule has 0 fully saturated rings. The Kier molecular flexibility index (Phi) is 4.51. The van der Waals surface area contributed by atoms with Gasteiger partial charge < -0.3 is 5.32 Å². The lowest BCUT2D eigenvalue weighted by atomic mass is 10.0. The Balaban J connectivity index is 2.02. The summed E-state index contributed by atoms with van der Waals surface area (Å²) in [5.74, 6) is -0.864. The minimum atomic E-state index is -0.493. The number of aryl methyl sites for hydroxylation is 1. The zero-order valence-corrected chi connectivity index (χ0v) is 11.7. The van der Waals surface area contributed by atoms with E-state index in [9.17, 15) is 9.18 Å². The number of carbonyl (C=O) groups is 1. The Morgan fingerprint density at radius 2 is 1.80 bits per heavy atom. The lowest BCUT2D eigenvalue weighted by Crippen LogP contribution is -2.34. The first-order chi connectivity index (χ1) is 9.58. The van der Waals surface area contributed by atoms with Gasteiger partial charge >= 0.3 is 0 Å². The van der Waals surface area contributed by atoms with Crippen molar-refractivity contribution in [2.75, 3.05) is 0 Å². The molecule has 20 heavy (non-hydrogen) atoms. The van der Waals surface area contributed by atoms with Gasteiger partial charge in [0.15, 0.2) is 0 Å². The molecule has 0 spiro atoms. The maximum absolute atomic E-state index is 13.5. The molecule has 1 atom stereocenters. The number of rotatable bonds is 4. The van der Waals surface area contributed by atoms with Crippen molar-refractivity contribution in [3.05, 3.63) is 71.0 Å². The third-order valence-corrected chi connectivity index (χ3v) is 3.28. The van der Waals surface area contributed by atoms with Crippen molar-refractivity contribution in [1.29, 1.82) is 0 Å². The summed E-state index contributed by atoms with van der Waals surface area (Å²) in [4.78, 5) is 12.0. The summed E-state index contributed by atoms with van der Waals surface area (Å²) in [7, 11) is 0. The van der Waals surface area contributed by atoms with Crippen LogP contribution in [0.4, 0.5) is 4.39 Å². The van der Waals surface area contributed by atoms with Crippen molar-refractivity contribution < 1.29 is 9.18 Å². The molecule has 0 aliphatic rings. The van der Waals surface area contributed by atoms with E-state index in [0.29, 0.717) is 0 Å². The molecular weight excluding hydrogens is 253 g/mol. The molecule has 0 aliphatic heterocycles. The molecule has 0 saturated carbocycles. The van der Waals surface area contributed by atoms with Gasteiger partial charge in [0.2, 0.25) is 0 Å². The predicted octanol–water partition coefficient (Wildman–Crippen LogP) is 3.50. The molecule has 2 rings (SSSR count). The number of benzene rings is 2. The highest BCUT2D eigenvalue weighted by atomic mass is 19.1. The first-order valence-corrected chi connectivity index (χ1v) is 6.68. The summed E-state index contributed by atoms with van der Waals surface area (Å²) in [6.07, 6.45) is 0.729. The number of hydrogen-bond donors (Lipinski definition) is 1. The highest BCUT2D eigenvalue weighted by Gasteiger charge is 2.14. The van der Waals surface area contributed by atoms with Gasteiger partial charge in [-0.3, -0.25) is 4.79 Å². The van der Waals surface area contributed by atoms with E-state index in [2.05, 4.69) is 5.32 Å². The van der Waals surface area contributed by atoms with Crippen LogP contribution < -0.4 is 5.32 Å². The third kappa shape index (κ3) is 3.44. The Labute approximate surface area is 118 Å². The molecule has 1 N–H and O–H groups in total. The highest BCUT2D eigenvalue weighted by molar-refractivity contribution is 5.94. The second kappa shape index (κ2) is 6.33. The number of nitrogens with one attached hydrogen (secondary N) is 1. The van der Waals surface area contributed by atoms with Crippen LogP contribution in [0, 0.1) is 12.7 Å². The van der Waals surface area contributed by atoms with E-state index >= 15 is 0 Å². The monoisotopic (exact) mass is 271 g/mol. The summed E-state index contributed by atoms with van der Waals surface area (Å²) < 4.78 is 13.5. The van der Waals surface area contributed by atoms with E-state index in [1.54, 1.807) is 12.1 Å². The molecule has 0 heterocycles. The van der Waals surface area contributed by atoms with Gasteiger partial charge in [-0.2, -0.15) is 0 Å². The van der Waals surface area contributed by atoms with Crippen LogP contribution >= 0.6 is 0 Å². The molecule has 0 aliphatic carbocycles. The molecule has 2 aromatic rings. The van der Waals surface area contributed by atoms with Gasteiger partial charge in [0.05, 0.1) is 5.56 Å². The van der Waals surface area contributed by atoms with Gasteiger partial charge in [-0.25, -0.2) is 4.39 Å². The summed E-state index contributed by atoms with van der Waals surface area (Å²) in [5, 5.41) is 2.83. The Hall–Kier alpha value is -2.16. The zero-order valence-electron chi connectivity index (χ0n) is 11.7. The van der Waals surface area contributed by atoms with Gasteiger partial charge in [-0.1, -0.05) is 36.4 Å². The minimum Gasteiger partial charge on any atom is -0.349 e. The molecular formula is C17H18FNO. The molecule has 2 nitrogen and oxygen atoms in total. The first-order valence-electron chi connectivity index (χ1n) is 6.68. The van der Waals surface area contributed by atoms with Crippen molar-refractivity contribution in [3.8, 4) is 0 Å². The van der Waals surface area contributed by atoms with Crippen molar-refractivity contribution >= 4 is 5.91 Å². The molecule has 1 amide bonds. The molecule has 0 bridgehead atoms. The molecule has 0 radical (unpaired) electrons. The quantitative estimate of drug-likeness (QED) is 0.906. The highest BCUT2D eigenvalue weighted by Crippen LogP contribution is 2.11. The van der Waals surface area contributed by atoms with Gasteiger partial charge in [0, 0.05) is 6.04 Å². The van der Waals surface area contributed by atoms with E-state index in [4.69, 9.17) is 0 Å². The first kappa shape index (κ1) is 14.3. The lowest BCUT2D eigenvalue weighted by molar-refractivity contribution is 0.0936. The van der Waals surface area contributed by atoms with Crippen LogP contribution in [-0.4, -0.2) is 11.9 Å². The third-order valence-electron chi connectivity index (χ3n) is 3.28. The molecule has 3 heteroatoms. The molecule has 0 saturated heterocycles. The smallest absolute Gasteiger partial charge is 0.254 e. The zero-order chi connectivity index (χ0) is 14.5. The van der Waals surface area contributed by atoms with Gasteiger partial charge in [0.1, 0.15) is 5.82 Å². The van der Waals surface area contributed by atoms with Gasteiger partial charge in [0.25, 0.3) is 5.91 Å².